The first-order valence-corrected chi connectivity index (χ1v) is 22.2. The van der Waals surface area contributed by atoms with E-state index in [1.807, 2.05) is 6.92 Å². The van der Waals surface area contributed by atoms with Crippen LogP contribution < -0.4 is 0 Å². The molecule has 4 unspecified atom stereocenters. The summed E-state index contributed by atoms with van der Waals surface area (Å²) in [6, 6.07) is 7.55. The summed E-state index contributed by atoms with van der Waals surface area (Å²) in [6.07, 6.45) is 15.2. The minimum absolute atomic E-state index is 0.00383. The van der Waals surface area contributed by atoms with E-state index in [4.69, 9.17) is 18.9 Å². The van der Waals surface area contributed by atoms with Crippen LogP contribution in [0.25, 0.3) is 11.1 Å². The number of unbranched alkanes of at least 4 members (excludes halogenated alkanes) is 4. The number of carbonyl (C=O) groups excluding carboxylic acids is 4. The smallest absolute Gasteiger partial charge is 0.342 e. The van der Waals surface area contributed by atoms with Gasteiger partial charge in [0.25, 0.3) is 0 Å². The van der Waals surface area contributed by atoms with Crippen molar-refractivity contribution in [2.24, 2.45) is 23.7 Å². The highest BCUT2D eigenvalue weighted by Crippen LogP contribution is 2.37. The SMILES string of the molecule is CCCCC(CC)COC(=O)c1ccc(-c2ccc(C(=O)OCC(CC)CCCC)c(C(=O)OCC(CC)CCCC)c2O)cc1C(=O)OCC(CC)CCCC. The number of hydrogen-bond donors (Lipinski definition) is 1. The fourth-order valence-electron chi connectivity index (χ4n) is 6.93. The molecule has 0 aromatic heterocycles. The quantitative estimate of drug-likeness (QED) is 0.0632. The molecule has 0 saturated heterocycles. The van der Waals surface area contributed by atoms with Gasteiger partial charge in [-0.2, -0.15) is 0 Å². The lowest BCUT2D eigenvalue weighted by atomic mass is 9.94. The van der Waals surface area contributed by atoms with E-state index in [0.29, 0.717) is 5.56 Å². The van der Waals surface area contributed by atoms with Crippen molar-refractivity contribution in [2.75, 3.05) is 26.4 Å². The van der Waals surface area contributed by atoms with Crippen LogP contribution in [-0.2, 0) is 18.9 Å². The zero-order chi connectivity index (χ0) is 42.2. The van der Waals surface area contributed by atoms with Crippen molar-refractivity contribution in [3.8, 4) is 16.9 Å². The molecule has 2 rings (SSSR count). The average molecular weight is 795 g/mol. The van der Waals surface area contributed by atoms with Crippen molar-refractivity contribution in [1.29, 1.82) is 0 Å². The number of phenolic OH excluding ortho intramolecular Hbond substituents is 1. The number of carbonyl (C=O) groups is 4. The topological polar surface area (TPSA) is 125 Å². The Hall–Kier alpha value is -3.88. The normalized spacial score (nSPS) is 13.3. The van der Waals surface area contributed by atoms with Crippen molar-refractivity contribution >= 4 is 23.9 Å². The lowest BCUT2D eigenvalue weighted by Gasteiger charge is -2.19. The standard InChI is InChI=1S/C48H74O9/c1-9-17-21-34(13-5)30-54-45(50)40-26-25-38(29-42(40)47(52)56-32-36(15-7)23-19-11-3)39-27-28-41(46(51)55-31-35(14-6)22-18-10-2)43(44(39)49)48(53)57-33-37(16-8)24-20-12-4/h25-29,34-37,49H,9-24,30-33H2,1-8H3. The molecule has 0 heterocycles. The van der Waals surface area contributed by atoms with Gasteiger partial charge in [0, 0.05) is 5.56 Å². The van der Waals surface area contributed by atoms with Crippen LogP contribution in [0.5, 0.6) is 5.75 Å². The molecule has 4 atom stereocenters. The van der Waals surface area contributed by atoms with Crippen LogP contribution in [0.3, 0.4) is 0 Å². The molecular weight excluding hydrogens is 721 g/mol. The highest BCUT2D eigenvalue weighted by molar-refractivity contribution is 6.08. The Morgan fingerprint density at radius 1 is 0.474 bits per heavy atom. The number of benzene rings is 2. The van der Waals surface area contributed by atoms with E-state index in [0.717, 1.165) is 103 Å². The molecule has 0 bridgehead atoms. The van der Waals surface area contributed by atoms with Crippen LogP contribution in [0, 0.1) is 23.7 Å². The van der Waals surface area contributed by atoms with Crippen molar-refractivity contribution in [3.05, 3.63) is 52.6 Å². The lowest BCUT2D eigenvalue weighted by Crippen LogP contribution is -2.20. The number of aromatic hydroxyl groups is 1. The number of ether oxygens (including phenoxy) is 4. The summed E-state index contributed by atoms with van der Waals surface area (Å²) in [5.41, 5.74) is 0.185. The van der Waals surface area contributed by atoms with E-state index in [-0.39, 0.29) is 77.9 Å². The molecule has 320 valence electrons. The fraction of sp³-hybridized carbons (Fsp3) is 0.667. The monoisotopic (exact) mass is 795 g/mol. The second-order valence-corrected chi connectivity index (χ2v) is 15.7. The van der Waals surface area contributed by atoms with Crippen LogP contribution in [0.4, 0.5) is 0 Å². The first-order valence-electron chi connectivity index (χ1n) is 22.2. The Balaban J connectivity index is 2.64. The number of rotatable bonds is 29. The molecule has 0 aliphatic carbocycles. The van der Waals surface area contributed by atoms with Gasteiger partial charge in [0.15, 0.2) is 0 Å². The molecule has 57 heavy (non-hydrogen) atoms. The number of phenols is 1. The summed E-state index contributed by atoms with van der Waals surface area (Å²) in [7, 11) is 0. The van der Waals surface area contributed by atoms with Crippen molar-refractivity contribution in [3.63, 3.8) is 0 Å². The van der Waals surface area contributed by atoms with E-state index < -0.39 is 29.6 Å². The highest BCUT2D eigenvalue weighted by Gasteiger charge is 2.29. The Morgan fingerprint density at radius 3 is 1.21 bits per heavy atom. The summed E-state index contributed by atoms with van der Waals surface area (Å²) in [5.74, 6) is -2.66. The Labute approximate surface area is 344 Å². The van der Waals surface area contributed by atoms with Gasteiger partial charge < -0.3 is 24.1 Å². The maximum Gasteiger partial charge on any atom is 0.342 e. The van der Waals surface area contributed by atoms with E-state index in [1.54, 1.807) is 6.07 Å². The molecule has 2 aromatic carbocycles. The largest absolute Gasteiger partial charge is 0.506 e. The Morgan fingerprint density at radius 2 is 0.825 bits per heavy atom. The third-order valence-corrected chi connectivity index (χ3v) is 11.3. The summed E-state index contributed by atoms with van der Waals surface area (Å²) in [5, 5.41) is 11.9. The minimum atomic E-state index is -0.833. The molecule has 0 aliphatic rings. The van der Waals surface area contributed by atoms with Crippen molar-refractivity contribution in [2.45, 2.75) is 158 Å². The van der Waals surface area contributed by atoms with Gasteiger partial charge in [-0.3, -0.25) is 0 Å². The maximum atomic E-state index is 13.9. The third kappa shape index (κ3) is 16.1. The van der Waals surface area contributed by atoms with Gasteiger partial charge in [0.2, 0.25) is 0 Å². The first-order chi connectivity index (χ1) is 27.5. The van der Waals surface area contributed by atoms with Crippen LogP contribution >= 0.6 is 0 Å². The molecule has 0 amide bonds. The Bertz CT molecular complexity index is 1520. The van der Waals surface area contributed by atoms with E-state index in [9.17, 15) is 24.3 Å². The zero-order valence-electron chi connectivity index (χ0n) is 36.6. The van der Waals surface area contributed by atoms with Gasteiger partial charge >= 0.3 is 23.9 Å². The molecule has 9 heteroatoms. The summed E-state index contributed by atoms with van der Waals surface area (Å²) < 4.78 is 23.1. The molecular formula is C48H74O9. The molecule has 1 N–H and O–H groups in total. The van der Waals surface area contributed by atoms with Crippen LogP contribution in [-0.4, -0.2) is 55.4 Å². The molecule has 2 aromatic rings. The van der Waals surface area contributed by atoms with Gasteiger partial charge in [-0.1, -0.05) is 139 Å². The van der Waals surface area contributed by atoms with E-state index >= 15 is 0 Å². The Kier molecular flexibility index (Phi) is 23.9. The molecule has 0 radical (unpaired) electrons. The van der Waals surface area contributed by atoms with Gasteiger partial charge in [-0.25, -0.2) is 19.2 Å². The van der Waals surface area contributed by atoms with Crippen molar-refractivity contribution in [1.82, 2.24) is 0 Å². The van der Waals surface area contributed by atoms with Crippen LogP contribution in [0.15, 0.2) is 30.3 Å². The summed E-state index contributed by atoms with van der Waals surface area (Å²) in [6.45, 7) is 17.5. The molecule has 0 saturated carbocycles. The van der Waals surface area contributed by atoms with Crippen LogP contribution in [0.2, 0.25) is 0 Å². The second kappa shape index (κ2) is 27.7. The number of hydrogen-bond acceptors (Lipinski definition) is 9. The molecule has 9 nitrogen and oxygen atoms in total. The first kappa shape index (κ1) is 49.3. The van der Waals surface area contributed by atoms with E-state index in [1.165, 1.54) is 24.3 Å². The molecule has 0 spiro atoms. The summed E-state index contributed by atoms with van der Waals surface area (Å²) in [4.78, 5) is 54.9. The molecule has 0 fully saturated rings. The zero-order valence-corrected chi connectivity index (χ0v) is 36.6. The predicted molar refractivity (Wildman–Crippen MR) is 228 cm³/mol. The van der Waals surface area contributed by atoms with Gasteiger partial charge in [0.05, 0.1) is 43.1 Å². The molecule has 0 aliphatic heterocycles. The summed E-state index contributed by atoms with van der Waals surface area (Å²) >= 11 is 0. The number of esters is 4. The van der Waals surface area contributed by atoms with Crippen molar-refractivity contribution < 1.29 is 43.2 Å². The lowest BCUT2D eigenvalue weighted by molar-refractivity contribution is 0.0378. The van der Waals surface area contributed by atoms with Gasteiger partial charge in [0.1, 0.15) is 11.3 Å². The minimum Gasteiger partial charge on any atom is -0.506 e. The maximum absolute atomic E-state index is 13.9. The van der Waals surface area contributed by atoms with Crippen LogP contribution in [0.1, 0.15) is 200 Å². The van der Waals surface area contributed by atoms with E-state index in [2.05, 4.69) is 48.5 Å². The second-order valence-electron chi connectivity index (χ2n) is 15.7. The van der Waals surface area contributed by atoms with Gasteiger partial charge in [-0.15, -0.1) is 0 Å². The van der Waals surface area contributed by atoms with Gasteiger partial charge in [-0.05, 0) is 79.2 Å². The average Bonchev–Trinajstić information content (AvgIpc) is 3.23. The third-order valence-electron chi connectivity index (χ3n) is 11.3. The fourth-order valence-corrected chi connectivity index (χ4v) is 6.93. The highest BCUT2D eigenvalue weighted by atomic mass is 16.5. The predicted octanol–water partition coefficient (Wildman–Crippen LogP) is 12.6.